The molecule has 0 N–H and O–H groups in total. The number of benzene rings is 2. The minimum absolute atomic E-state index is 0. The van der Waals surface area contributed by atoms with Gasteiger partial charge in [0.1, 0.15) is 0 Å². The van der Waals surface area contributed by atoms with Gasteiger partial charge in [-0.25, -0.2) is 0 Å². The van der Waals surface area contributed by atoms with Crippen LogP contribution < -0.4 is 0 Å². The zero-order chi connectivity index (χ0) is 21.4. The molecule has 0 heterocycles. The first-order valence-corrected chi connectivity index (χ1v) is 13.7. The summed E-state index contributed by atoms with van der Waals surface area (Å²) in [4.78, 5) is 0. The summed E-state index contributed by atoms with van der Waals surface area (Å²) in [6.45, 7) is 15.3. The quantitative estimate of drug-likeness (QED) is 0.156. The number of hydrogen-bond donors (Lipinski definition) is 0. The second-order valence-corrected chi connectivity index (χ2v) is 6.48. The molecule has 0 nitrogen and oxygen atoms in total. The fourth-order valence-corrected chi connectivity index (χ4v) is 2.61. The van der Waals surface area contributed by atoms with Gasteiger partial charge in [0.25, 0.3) is 0 Å². The van der Waals surface area contributed by atoms with Crippen LogP contribution in [0.4, 0.5) is 0 Å². The van der Waals surface area contributed by atoms with E-state index in [9.17, 15) is 0 Å². The summed E-state index contributed by atoms with van der Waals surface area (Å²) < 4.78 is 0. The molecule has 0 aliphatic heterocycles. The Morgan fingerprint density at radius 1 is 0.633 bits per heavy atom. The van der Waals surface area contributed by atoms with Crippen LogP contribution in [0.3, 0.4) is 0 Å². The number of aryl methyl sites for hydroxylation is 2. The fourth-order valence-electron chi connectivity index (χ4n) is 2.61. The monoisotopic (exact) mass is 534 g/mol. The average Bonchev–Trinajstić information content (AvgIpc) is 3.25. The van der Waals surface area contributed by atoms with Gasteiger partial charge >= 0.3 is 30.2 Å². The van der Waals surface area contributed by atoms with Crippen LogP contribution in [-0.2, 0) is 23.3 Å². The third kappa shape index (κ3) is 13.6. The molecule has 30 heavy (non-hydrogen) atoms. The van der Waals surface area contributed by atoms with E-state index < -0.39 is 0 Å². The van der Waals surface area contributed by atoms with Crippen molar-refractivity contribution < 1.29 is 23.3 Å². The van der Waals surface area contributed by atoms with Crippen LogP contribution >= 0.6 is 24.8 Å². The van der Waals surface area contributed by atoms with E-state index in [1.165, 1.54) is 56.0 Å². The summed E-state index contributed by atoms with van der Waals surface area (Å²) >= 11 is 1.36. The molecule has 0 saturated carbocycles. The predicted molar refractivity (Wildman–Crippen MR) is 140 cm³/mol. The SMILES string of the molecule is C[CH-]C.C[CH-]C.Cc1cc2ccccc2[cH-]1.Cc1cc2ccccc2[cH-]1.Cl.Cl.[Si]=[Zr]. The molecule has 0 spiro atoms. The predicted octanol–water partition coefficient (Wildman–Crippen LogP) is 8.66. The Morgan fingerprint density at radius 3 is 1.17 bits per heavy atom. The molecule has 0 fully saturated rings. The van der Waals surface area contributed by atoms with Crippen molar-refractivity contribution in [2.45, 2.75) is 41.5 Å². The summed E-state index contributed by atoms with van der Waals surface area (Å²) in [6.07, 6.45) is 4.00. The maximum absolute atomic E-state index is 3.06. The zero-order valence-corrected chi connectivity index (χ0v) is 24.0. The second kappa shape index (κ2) is 21.6. The van der Waals surface area contributed by atoms with E-state index in [2.05, 4.69) is 93.5 Å². The van der Waals surface area contributed by atoms with Gasteiger partial charge < -0.3 is 12.8 Å². The Labute approximate surface area is 213 Å². The molecule has 4 aromatic carbocycles. The molecule has 0 bridgehead atoms. The molecular formula is C26H34Cl2SiZr-4. The van der Waals surface area contributed by atoms with Gasteiger partial charge in [-0.15, -0.1) is 106 Å². The Hall–Kier alpha value is -0.660. The number of hydrogen-bond acceptors (Lipinski definition) is 0. The van der Waals surface area contributed by atoms with Crippen LogP contribution in [0.5, 0.6) is 0 Å². The number of rotatable bonds is 0. The molecule has 2 radical (unpaired) electrons. The molecule has 4 rings (SSSR count). The van der Waals surface area contributed by atoms with Crippen LogP contribution in [0.1, 0.15) is 38.8 Å². The van der Waals surface area contributed by atoms with E-state index in [0.29, 0.717) is 0 Å². The molecule has 0 amide bonds. The Kier molecular flexibility index (Phi) is 24.4. The third-order valence-corrected chi connectivity index (χ3v) is 3.52. The van der Waals surface area contributed by atoms with Gasteiger partial charge in [-0.2, -0.15) is 39.8 Å². The maximum atomic E-state index is 3.06. The first-order valence-electron chi connectivity index (χ1n) is 9.52. The van der Waals surface area contributed by atoms with E-state index in [1.54, 1.807) is 0 Å². The molecule has 4 aromatic rings. The fraction of sp³-hybridized carbons (Fsp3) is 0.231. The number of halogens is 2. The van der Waals surface area contributed by atoms with E-state index >= 15 is 0 Å². The summed E-state index contributed by atoms with van der Waals surface area (Å²) in [5.41, 5.74) is 2.70. The van der Waals surface area contributed by atoms with Crippen molar-refractivity contribution in [1.82, 2.24) is 0 Å². The molecule has 0 saturated heterocycles. The Bertz CT molecular complexity index is 756. The van der Waals surface area contributed by atoms with Crippen molar-refractivity contribution in [3.8, 4) is 0 Å². The van der Waals surface area contributed by atoms with Crippen LogP contribution in [0.2, 0.25) is 0 Å². The van der Waals surface area contributed by atoms with Crippen molar-refractivity contribution in [3.63, 3.8) is 0 Å². The first kappa shape index (κ1) is 34.0. The third-order valence-electron chi connectivity index (χ3n) is 3.52. The van der Waals surface area contributed by atoms with Crippen LogP contribution in [0.25, 0.3) is 21.5 Å². The molecule has 4 heteroatoms. The zero-order valence-electron chi connectivity index (χ0n) is 18.9. The van der Waals surface area contributed by atoms with Gasteiger partial charge in [-0.1, -0.05) is 26.0 Å². The van der Waals surface area contributed by atoms with Crippen molar-refractivity contribution in [3.05, 3.63) is 96.8 Å². The van der Waals surface area contributed by atoms with Crippen molar-refractivity contribution in [2.24, 2.45) is 0 Å². The van der Waals surface area contributed by atoms with Crippen LogP contribution in [0.15, 0.2) is 72.8 Å². The van der Waals surface area contributed by atoms with Crippen molar-refractivity contribution in [1.29, 1.82) is 0 Å². The molecule has 0 aromatic heterocycles. The standard InChI is InChI=1S/2C10H9.2C3H7.2ClH.Si.Zr/c2*1-8-6-9-4-2-3-5-10(9)7-8;2*1-3-2;;;;/h2*2-7H,1H3;2*3H,1-2H3;2*1H;;/q4*-1;;;;. The van der Waals surface area contributed by atoms with Gasteiger partial charge in [0, 0.05) is 0 Å². The Balaban J connectivity index is -0.000000347. The minimum atomic E-state index is 0. The first-order chi connectivity index (χ1) is 13.5. The van der Waals surface area contributed by atoms with Gasteiger partial charge in [0.2, 0.25) is 0 Å². The van der Waals surface area contributed by atoms with Gasteiger partial charge in [0.15, 0.2) is 0 Å². The van der Waals surface area contributed by atoms with Gasteiger partial charge in [-0.05, 0) is 0 Å². The van der Waals surface area contributed by atoms with Gasteiger partial charge in [0.05, 0.1) is 0 Å². The topological polar surface area (TPSA) is 0 Å². The molecular weight excluding hydrogens is 503 g/mol. The summed E-state index contributed by atoms with van der Waals surface area (Å²) in [5, 5.41) is 5.39. The molecule has 164 valence electrons. The molecule has 0 aliphatic carbocycles. The van der Waals surface area contributed by atoms with Crippen molar-refractivity contribution in [2.75, 3.05) is 0 Å². The Morgan fingerprint density at radius 2 is 0.900 bits per heavy atom. The van der Waals surface area contributed by atoms with Crippen molar-refractivity contribution >= 4 is 53.2 Å². The molecule has 0 unspecified atom stereocenters. The van der Waals surface area contributed by atoms with Crippen LogP contribution in [0, 0.1) is 26.7 Å². The normalized spacial score (nSPS) is 8.30. The summed E-state index contributed by atoms with van der Waals surface area (Å²) in [6, 6.07) is 25.7. The average molecular weight is 537 g/mol. The van der Waals surface area contributed by atoms with E-state index in [4.69, 9.17) is 0 Å². The summed E-state index contributed by atoms with van der Waals surface area (Å²) in [7, 11) is 0. The van der Waals surface area contributed by atoms with Gasteiger partial charge in [-0.3, -0.25) is 0 Å². The summed E-state index contributed by atoms with van der Waals surface area (Å²) in [5.74, 6) is 0. The van der Waals surface area contributed by atoms with E-state index in [1.807, 2.05) is 40.5 Å². The van der Waals surface area contributed by atoms with E-state index in [-0.39, 0.29) is 24.8 Å². The van der Waals surface area contributed by atoms with Crippen LogP contribution in [-0.4, -0.2) is 6.88 Å². The van der Waals surface area contributed by atoms with E-state index in [0.717, 1.165) is 0 Å². The second-order valence-electron chi connectivity index (χ2n) is 6.48. The number of fused-ring (bicyclic) bond motifs is 2. The molecule has 0 aliphatic rings. The molecule has 0 atom stereocenters.